The smallest absolute Gasteiger partial charge is 0.231 e. The van der Waals surface area contributed by atoms with Gasteiger partial charge < -0.3 is 14.8 Å². The molecule has 0 atom stereocenters. The molecule has 0 unspecified atom stereocenters. The lowest BCUT2D eigenvalue weighted by molar-refractivity contribution is 0.174. The zero-order valence-corrected chi connectivity index (χ0v) is 12.8. The van der Waals surface area contributed by atoms with Crippen LogP contribution in [0, 0.1) is 0 Å². The molecule has 21 heavy (non-hydrogen) atoms. The second kappa shape index (κ2) is 5.42. The Labute approximate surface area is 130 Å². The number of hydrogen-bond acceptors (Lipinski definition) is 5. The first-order chi connectivity index (χ1) is 10.4. The second-order valence-electron chi connectivity index (χ2n) is 4.70. The minimum absolute atomic E-state index is 0.313. The van der Waals surface area contributed by atoms with Crippen LogP contribution in [0.4, 0.5) is 5.69 Å². The summed E-state index contributed by atoms with van der Waals surface area (Å²) in [6, 6.07) is 12.4. The van der Waals surface area contributed by atoms with Crippen LogP contribution in [-0.4, -0.2) is 6.79 Å². The van der Waals surface area contributed by atoms with Crippen molar-refractivity contribution in [3.8, 4) is 21.9 Å². The average Bonchev–Trinajstić information content (AvgIpc) is 3.24. The summed E-state index contributed by atoms with van der Waals surface area (Å²) in [5.74, 6) is 1.63. The molecule has 3 nitrogen and oxygen atoms in total. The molecule has 0 spiro atoms. The molecule has 1 aromatic carbocycles. The van der Waals surface area contributed by atoms with Crippen LogP contribution in [0.25, 0.3) is 10.4 Å². The molecular weight excluding hydrogens is 302 g/mol. The van der Waals surface area contributed by atoms with E-state index in [9.17, 15) is 0 Å². The van der Waals surface area contributed by atoms with E-state index in [2.05, 4.69) is 34.3 Å². The molecular formula is C16H13NO2S2. The van der Waals surface area contributed by atoms with E-state index < -0.39 is 0 Å². The molecule has 0 saturated carbocycles. The van der Waals surface area contributed by atoms with Crippen LogP contribution in [0.3, 0.4) is 0 Å². The van der Waals surface area contributed by atoms with Gasteiger partial charge in [-0.25, -0.2) is 0 Å². The highest BCUT2D eigenvalue weighted by molar-refractivity contribution is 7.14. The largest absolute Gasteiger partial charge is 0.454 e. The quantitative estimate of drug-likeness (QED) is 0.749. The summed E-state index contributed by atoms with van der Waals surface area (Å²) in [7, 11) is 0. The predicted octanol–water partition coefficient (Wildman–Crippen LogP) is 4.82. The van der Waals surface area contributed by atoms with Crippen molar-refractivity contribution in [2.45, 2.75) is 6.54 Å². The third-order valence-corrected chi connectivity index (χ3v) is 5.15. The minimum Gasteiger partial charge on any atom is -0.454 e. The topological polar surface area (TPSA) is 30.5 Å². The van der Waals surface area contributed by atoms with Gasteiger partial charge in [0.2, 0.25) is 6.79 Å². The van der Waals surface area contributed by atoms with Gasteiger partial charge in [-0.2, -0.15) is 0 Å². The fourth-order valence-electron chi connectivity index (χ4n) is 2.24. The number of nitrogens with one attached hydrogen (secondary N) is 1. The Bertz CT molecular complexity index is 749. The molecule has 3 heterocycles. The van der Waals surface area contributed by atoms with Gasteiger partial charge >= 0.3 is 0 Å². The molecule has 0 amide bonds. The van der Waals surface area contributed by atoms with Crippen molar-refractivity contribution >= 4 is 28.4 Å². The zero-order chi connectivity index (χ0) is 14.1. The standard InChI is InChI=1S/C16H13NO2S2/c1-2-16(20-5-1)11-6-13(21-9-11)8-17-12-3-4-14-15(7-12)19-10-18-14/h1-7,9,17H,8,10H2. The molecule has 5 heteroatoms. The molecule has 0 radical (unpaired) electrons. The molecule has 4 rings (SSSR count). The van der Waals surface area contributed by atoms with E-state index in [0.29, 0.717) is 6.79 Å². The Morgan fingerprint density at radius 1 is 1.05 bits per heavy atom. The van der Waals surface area contributed by atoms with E-state index in [0.717, 1.165) is 23.7 Å². The summed E-state index contributed by atoms with van der Waals surface area (Å²) in [5.41, 5.74) is 2.35. The maximum atomic E-state index is 5.39. The first-order valence-corrected chi connectivity index (χ1v) is 8.39. The molecule has 0 bridgehead atoms. The van der Waals surface area contributed by atoms with E-state index in [1.807, 2.05) is 18.2 Å². The summed E-state index contributed by atoms with van der Waals surface area (Å²) < 4.78 is 10.7. The van der Waals surface area contributed by atoms with Crippen LogP contribution in [-0.2, 0) is 6.54 Å². The van der Waals surface area contributed by atoms with Crippen molar-refractivity contribution in [3.05, 3.63) is 52.0 Å². The lowest BCUT2D eigenvalue weighted by Gasteiger charge is -2.05. The highest BCUT2D eigenvalue weighted by Gasteiger charge is 2.13. The summed E-state index contributed by atoms with van der Waals surface area (Å²) in [5, 5.41) is 7.75. The normalized spacial score (nSPS) is 12.6. The van der Waals surface area contributed by atoms with Gasteiger partial charge in [0.25, 0.3) is 0 Å². The maximum Gasteiger partial charge on any atom is 0.231 e. The van der Waals surface area contributed by atoms with Crippen LogP contribution < -0.4 is 14.8 Å². The fourth-order valence-corrected chi connectivity index (χ4v) is 3.85. The molecule has 2 aromatic heterocycles. The second-order valence-corrected chi connectivity index (χ2v) is 6.64. The van der Waals surface area contributed by atoms with Gasteiger partial charge in [0, 0.05) is 33.6 Å². The number of fused-ring (bicyclic) bond motifs is 1. The zero-order valence-electron chi connectivity index (χ0n) is 11.2. The molecule has 1 aliphatic heterocycles. The van der Waals surface area contributed by atoms with E-state index >= 15 is 0 Å². The predicted molar refractivity (Wildman–Crippen MR) is 87.5 cm³/mol. The van der Waals surface area contributed by atoms with Gasteiger partial charge in [-0.15, -0.1) is 22.7 Å². The van der Waals surface area contributed by atoms with Gasteiger partial charge in [0.05, 0.1) is 0 Å². The number of thiophene rings is 2. The molecule has 0 saturated heterocycles. The van der Waals surface area contributed by atoms with Gasteiger partial charge in [-0.3, -0.25) is 0 Å². The Morgan fingerprint density at radius 3 is 2.90 bits per heavy atom. The molecule has 0 fully saturated rings. The number of ether oxygens (including phenoxy) is 2. The van der Waals surface area contributed by atoms with Crippen molar-refractivity contribution in [2.75, 3.05) is 12.1 Å². The van der Waals surface area contributed by atoms with Crippen molar-refractivity contribution in [1.82, 2.24) is 0 Å². The Balaban J connectivity index is 1.45. The summed E-state index contributed by atoms with van der Waals surface area (Å²) in [4.78, 5) is 2.64. The summed E-state index contributed by atoms with van der Waals surface area (Å²) in [6.07, 6.45) is 0. The van der Waals surface area contributed by atoms with Crippen molar-refractivity contribution in [2.24, 2.45) is 0 Å². The Kier molecular flexibility index (Phi) is 3.29. The van der Waals surface area contributed by atoms with E-state index in [1.165, 1.54) is 15.3 Å². The number of rotatable bonds is 4. The van der Waals surface area contributed by atoms with Crippen LogP contribution >= 0.6 is 22.7 Å². The summed E-state index contributed by atoms with van der Waals surface area (Å²) in [6.45, 7) is 1.13. The third kappa shape index (κ3) is 2.62. The SMILES string of the molecule is c1csc(-c2csc(CNc3ccc4c(c3)OCO4)c2)c1. The monoisotopic (exact) mass is 315 g/mol. The van der Waals surface area contributed by atoms with Crippen LogP contribution in [0.2, 0.25) is 0 Å². The lowest BCUT2D eigenvalue weighted by atomic mass is 10.2. The number of anilines is 1. The van der Waals surface area contributed by atoms with Crippen LogP contribution in [0.15, 0.2) is 47.2 Å². The van der Waals surface area contributed by atoms with Crippen molar-refractivity contribution < 1.29 is 9.47 Å². The van der Waals surface area contributed by atoms with Gasteiger partial charge in [0.15, 0.2) is 11.5 Å². The van der Waals surface area contributed by atoms with Crippen molar-refractivity contribution in [3.63, 3.8) is 0 Å². The van der Waals surface area contributed by atoms with Gasteiger partial charge in [-0.1, -0.05) is 6.07 Å². The molecule has 1 N–H and O–H groups in total. The lowest BCUT2D eigenvalue weighted by Crippen LogP contribution is -1.97. The maximum absolute atomic E-state index is 5.39. The van der Waals surface area contributed by atoms with Gasteiger partial charge in [0.1, 0.15) is 0 Å². The molecule has 106 valence electrons. The van der Waals surface area contributed by atoms with E-state index in [1.54, 1.807) is 22.7 Å². The highest BCUT2D eigenvalue weighted by atomic mass is 32.1. The summed E-state index contributed by atoms with van der Waals surface area (Å²) >= 11 is 3.55. The molecule has 3 aromatic rings. The Hall–Kier alpha value is -1.98. The Morgan fingerprint density at radius 2 is 2.00 bits per heavy atom. The molecule has 0 aliphatic carbocycles. The fraction of sp³-hybridized carbons (Fsp3) is 0.125. The van der Waals surface area contributed by atoms with E-state index in [4.69, 9.17) is 9.47 Å². The van der Waals surface area contributed by atoms with Gasteiger partial charge in [-0.05, 0) is 35.0 Å². The van der Waals surface area contributed by atoms with E-state index in [-0.39, 0.29) is 0 Å². The van der Waals surface area contributed by atoms with Crippen molar-refractivity contribution in [1.29, 1.82) is 0 Å². The first kappa shape index (κ1) is 12.7. The molecule has 1 aliphatic rings. The number of hydrogen-bond donors (Lipinski definition) is 1. The third-order valence-electron chi connectivity index (χ3n) is 3.30. The van der Waals surface area contributed by atoms with Crippen LogP contribution in [0.5, 0.6) is 11.5 Å². The van der Waals surface area contributed by atoms with Crippen LogP contribution in [0.1, 0.15) is 4.88 Å². The highest BCUT2D eigenvalue weighted by Crippen LogP contribution is 2.35. The average molecular weight is 315 g/mol. The number of benzene rings is 1. The first-order valence-electron chi connectivity index (χ1n) is 6.63. The minimum atomic E-state index is 0.313.